The lowest BCUT2D eigenvalue weighted by Crippen LogP contribution is -2.07. The van der Waals surface area contributed by atoms with Gasteiger partial charge in [-0.3, -0.25) is 5.10 Å². The zero-order valence-corrected chi connectivity index (χ0v) is 8.06. The van der Waals surface area contributed by atoms with Crippen molar-refractivity contribution in [3.63, 3.8) is 0 Å². The molecule has 1 aromatic heterocycles. The van der Waals surface area contributed by atoms with Crippen LogP contribution >= 0.6 is 11.8 Å². The van der Waals surface area contributed by atoms with Crippen LogP contribution in [0.1, 0.15) is 19.2 Å². The first-order valence-electron chi connectivity index (χ1n) is 3.92. The average molecular weight is 187 g/mol. The molecule has 1 unspecified atom stereocenters. The van der Waals surface area contributed by atoms with Gasteiger partial charge in [-0.25, -0.2) is 4.98 Å². The van der Waals surface area contributed by atoms with Crippen molar-refractivity contribution in [2.24, 2.45) is 0 Å². The van der Waals surface area contributed by atoms with Crippen LogP contribution in [0, 0.1) is 6.92 Å². The number of rotatable bonds is 4. The van der Waals surface area contributed by atoms with Gasteiger partial charge in [0.1, 0.15) is 5.82 Å². The summed E-state index contributed by atoms with van der Waals surface area (Å²) in [6.07, 6.45) is 0.518. The van der Waals surface area contributed by atoms with Gasteiger partial charge in [0, 0.05) is 5.75 Å². The number of aryl methyl sites for hydroxylation is 1. The van der Waals surface area contributed by atoms with Crippen LogP contribution in [-0.4, -0.2) is 32.1 Å². The molecule has 0 saturated heterocycles. The van der Waals surface area contributed by atoms with Gasteiger partial charge in [-0.05, 0) is 13.3 Å². The second kappa shape index (κ2) is 4.47. The second-order valence-electron chi connectivity index (χ2n) is 2.58. The Morgan fingerprint density at radius 2 is 2.42 bits per heavy atom. The van der Waals surface area contributed by atoms with Crippen molar-refractivity contribution in [3.05, 3.63) is 5.82 Å². The average Bonchev–Trinajstić information content (AvgIpc) is 2.47. The van der Waals surface area contributed by atoms with Gasteiger partial charge < -0.3 is 5.11 Å². The standard InChI is InChI=1S/C7H13N3OS/c1-3-6(11)4-12-7-8-5(2)9-10-7/h6,11H,3-4H2,1-2H3,(H,8,9,10). The van der Waals surface area contributed by atoms with E-state index in [1.807, 2.05) is 13.8 Å². The molecule has 1 atom stereocenters. The van der Waals surface area contributed by atoms with Crippen LogP contribution in [-0.2, 0) is 0 Å². The summed E-state index contributed by atoms with van der Waals surface area (Å²) in [4.78, 5) is 4.10. The fourth-order valence-corrected chi connectivity index (χ4v) is 1.56. The third-order valence-electron chi connectivity index (χ3n) is 1.45. The Balaban J connectivity index is 2.33. The normalized spacial score (nSPS) is 13.2. The van der Waals surface area contributed by atoms with E-state index in [0.717, 1.165) is 12.2 Å². The van der Waals surface area contributed by atoms with Crippen LogP contribution in [0.15, 0.2) is 5.16 Å². The van der Waals surface area contributed by atoms with Crippen molar-refractivity contribution in [1.82, 2.24) is 15.2 Å². The number of aromatic amines is 1. The molecule has 0 amide bonds. The number of nitrogens with one attached hydrogen (secondary N) is 1. The van der Waals surface area contributed by atoms with Crippen molar-refractivity contribution in [1.29, 1.82) is 0 Å². The van der Waals surface area contributed by atoms with Crippen molar-refractivity contribution in [3.8, 4) is 0 Å². The SMILES string of the molecule is CCC(O)CSc1n[nH]c(C)n1. The zero-order valence-electron chi connectivity index (χ0n) is 7.24. The Morgan fingerprint density at radius 1 is 1.67 bits per heavy atom. The predicted molar refractivity (Wildman–Crippen MR) is 48.1 cm³/mol. The third kappa shape index (κ3) is 2.83. The molecule has 0 aliphatic rings. The minimum Gasteiger partial charge on any atom is -0.392 e. The zero-order chi connectivity index (χ0) is 8.97. The molecule has 2 N–H and O–H groups in total. The highest BCUT2D eigenvalue weighted by Gasteiger charge is 2.04. The Labute approximate surface area is 75.8 Å². The number of nitrogens with zero attached hydrogens (tertiary/aromatic N) is 2. The first-order chi connectivity index (χ1) is 5.72. The number of H-pyrrole nitrogens is 1. The summed E-state index contributed by atoms with van der Waals surface area (Å²) in [6.45, 7) is 3.81. The highest BCUT2D eigenvalue weighted by atomic mass is 32.2. The molecule has 0 aliphatic carbocycles. The number of hydrogen-bond acceptors (Lipinski definition) is 4. The summed E-state index contributed by atoms with van der Waals surface area (Å²) < 4.78 is 0. The van der Waals surface area contributed by atoms with Gasteiger partial charge in [-0.2, -0.15) is 0 Å². The van der Waals surface area contributed by atoms with Gasteiger partial charge in [0.25, 0.3) is 0 Å². The third-order valence-corrected chi connectivity index (χ3v) is 2.44. The molecular weight excluding hydrogens is 174 g/mol. The van der Waals surface area contributed by atoms with Crippen molar-refractivity contribution in [2.45, 2.75) is 31.5 Å². The molecule has 0 spiro atoms. The Hall–Kier alpha value is -0.550. The molecule has 5 heteroatoms. The molecule has 12 heavy (non-hydrogen) atoms. The van der Waals surface area contributed by atoms with Gasteiger partial charge in [-0.1, -0.05) is 18.7 Å². The smallest absolute Gasteiger partial charge is 0.208 e. The van der Waals surface area contributed by atoms with Crippen molar-refractivity contribution >= 4 is 11.8 Å². The summed E-state index contributed by atoms with van der Waals surface area (Å²) in [5.41, 5.74) is 0. The maximum Gasteiger partial charge on any atom is 0.208 e. The number of hydrogen-bond donors (Lipinski definition) is 2. The van der Waals surface area contributed by atoms with E-state index in [4.69, 9.17) is 0 Å². The molecule has 0 aliphatic heterocycles. The van der Waals surface area contributed by atoms with E-state index in [1.54, 1.807) is 0 Å². The molecule has 0 radical (unpaired) electrons. The monoisotopic (exact) mass is 187 g/mol. The molecule has 0 bridgehead atoms. The van der Waals surface area contributed by atoms with E-state index in [2.05, 4.69) is 15.2 Å². The van der Waals surface area contributed by atoms with Crippen molar-refractivity contribution < 1.29 is 5.11 Å². The van der Waals surface area contributed by atoms with Gasteiger partial charge in [0.2, 0.25) is 5.16 Å². The van der Waals surface area contributed by atoms with Gasteiger partial charge in [0.05, 0.1) is 6.10 Å². The number of aliphatic hydroxyl groups is 1. The molecule has 0 saturated carbocycles. The second-order valence-corrected chi connectivity index (χ2v) is 3.56. The summed E-state index contributed by atoms with van der Waals surface area (Å²) in [7, 11) is 0. The van der Waals surface area contributed by atoms with E-state index in [1.165, 1.54) is 11.8 Å². The molecule has 1 rings (SSSR count). The van der Waals surface area contributed by atoms with E-state index in [9.17, 15) is 5.11 Å². The number of aromatic nitrogens is 3. The Bertz CT molecular complexity index is 238. The van der Waals surface area contributed by atoms with Crippen molar-refractivity contribution in [2.75, 3.05) is 5.75 Å². The quantitative estimate of drug-likeness (QED) is 0.690. The molecule has 0 fully saturated rings. The van der Waals surface area contributed by atoms with Gasteiger partial charge in [-0.15, -0.1) is 5.10 Å². The predicted octanol–water partition coefficient (Wildman–Crippen LogP) is 0.976. The summed E-state index contributed by atoms with van der Waals surface area (Å²) in [5.74, 6) is 1.47. The molecule has 68 valence electrons. The molecular formula is C7H13N3OS. The molecule has 0 aromatic carbocycles. The molecule has 1 heterocycles. The fourth-order valence-electron chi connectivity index (χ4n) is 0.675. The molecule has 4 nitrogen and oxygen atoms in total. The van der Waals surface area contributed by atoms with Crippen LogP contribution in [0.3, 0.4) is 0 Å². The minimum atomic E-state index is -0.256. The Morgan fingerprint density at radius 3 is 2.92 bits per heavy atom. The van der Waals surface area contributed by atoms with Crippen LogP contribution < -0.4 is 0 Å². The summed E-state index contributed by atoms with van der Waals surface area (Å²) in [5, 5.41) is 16.6. The number of aliphatic hydroxyl groups excluding tert-OH is 1. The van der Waals surface area contributed by atoms with Crippen LogP contribution in [0.5, 0.6) is 0 Å². The first kappa shape index (κ1) is 9.54. The van der Waals surface area contributed by atoms with E-state index in [-0.39, 0.29) is 6.10 Å². The fraction of sp³-hybridized carbons (Fsp3) is 0.714. The van der Waals surface area contributed by atoms with Crippen LogP contribution in [0.2, 0.25) is 0 Å². The van der Waals surface area contributed by atoms with Gasteiger partial charge in [0.15, 0.2) is 0 Å². The van der Waals surface area contributed by atoms with E-state index in [0.29, 0.717) is 10.9 Å². The maximum atomic E-state index is 9.24. The highest BCUT2D eigenvalue weighted by molar-refractivity contribution is 7.99. The maximum absolute atomic E-state index is 9.24. The lowest BCUT2D eigenvalue weighted by Gasteiger charge is -2.03. The summed E-state index contributed by atoms with van der Waals surface area (Å²) in [6, 6.07) is 0. The van der Waals surface area contributed by atoms with E-state index < -0.39 is 0 Å². The number of thioether (sulfide) groups is 1. The highest BCUT2D eigenvalue weighted by Crippen LogP contribution is 2.13. The minimum absolute atomic E-state index is 0.256. The Kier molecular flexibility index (Phi) is 3.55. The topological polar surface area (TPSA) is 61.8 Å². The van der Waals surface area contributed by atoms with Crippen LogP contribution in [0.25, 0.3) is 0 Å². The lowest BCUT2D eigenvalue weighted by molar-refractivity contribution is 0.195. The lowest BCUT2D eigenvalue weighted by atomic mass is 10.3. The van der Waals surface area contributed by atoms with Gasteiger partial charge >= 0.3 is 0 Å². The first-order valence-corrected chi connectivity index (χ1v) is 4.90. The van der Waals surface area contributed by atoms with E-state index >= 15 is 0 Å². The largest absolute Gasteiger partial charge is 0.392 e. The molecule has 1 aromatic rings. The van der Waals surface area contributed by atoms with Crippen LogP contribution in [0.4, 0.5) is 0 Å². The summed E-state index contributed by atoms with van der Waals surface area (Å²) >= 11 is 1.47.